The summed E-state index contributed by atoms with van der Waals surface area (Å²) < 4.78 is 3.02. The lowest BCUT2D eigenvalue weighted by Gasteiger charge is -2.04. The van der Waals surface area contributed by atoms with Gasteiger partial charge in [-0.2, -0.15) is 10.2 Å². The highest BCUT2D eigenvalue weighted by Crippen LogP contribution is 2.12. The third kappa shape index (κ3) is 1.43. The molecule has 20 heavy (non-hydrogen) atoms. The Morgan fingerprint density at radius 1 is 0.800 bits per heavy atom. The molecule has 0 aliphatic heterocycles. The normalized spacial score (nSPS) is 11.2. The average molecular weight is 264 g/mol. The van der Waals surface area contributed by atoms with Crippen molar-refractivity contribution < 1.29 is 4.79 Å². The van der Waals surface area contributed by atoms with E-state index in [0.717, 1.165) is 0 Å². The summed E-state index contributed by atoms with van der Waals surface area (Å²) in [6.07, 6.45) is 2.84. The highest BCUT2D eigenvalue weighted by atomic mass is 16.1. The van der Waals surface area contributed by atoms with Crippen molar-refractivity contribution in [1.29, 1.82) is 0 Å². The topological polar surface area (TPSA) is 77.5 Å². The Balaban J connectivity index is 1.96. The fraction of sp³-hybridized carbons (Fsp3) is 0. The van der Waals surface area contributed by atoms with Gasteiger partial charge in [0.25, 0.3) is 0 Å². The Labute approximate surface area is 112 Å². The van der Waals surface area contributed by atoms with E-state index in [1.54, 1.807) is 36.4 Å². The van der Waals surface area contributed by atoms with Crippen LogP contribution in [0.5, 0.6) is 0 Å². The molecule has 0 N–H and O–H groups in total. The zero-order valence-electron chi connectivity index (χ0n) is 10.2. The Kier molecular flexibility index (Phi) is 2.13. The molecule has 0 radical (unpaired) electrons. The number of rotatable bonds is 2. The largest absolute Gasteiger partial charge is 0.285 e. The lowest BCUT2D eigenvalue weighted by molar-refractivity contribution is 0.102. The molecular formula is C13H8N6O. The Morgan fingerprint density at radius 3 is 1.80 bits per heavy atom. The summed E-state index contributed by atoms with van der Waals surface area (Å²) >= 11 is 0. The molecule has 0 fully saturated rings. The second-order valence-electron chi connectivity index (χ2n) is 4.21. The summed E-state index contributed by atoms with van der Waals surface area (Å²) in [6.45, 7) is 0. The van der Waals surface area contributed by atoms with E-state index in [4.69, 9.17) is 0 Å². The SMILES string of the molecule is O=C(c1cccc2ncnn12)c1cccc2ncnn12. The first-order valence-electron chi connectivity index (χ1n) is 5.97. The fourth-order valence-electron chi connectivity index (χ4n) is 2.17. The second-order valence-corrected chi connectivity index (χ2v) is 4.21. The molecule has 0 spiro atoms. The maximum Gasteiger partial charge on any atom is 0.229 e. The van der Waals surface area contributed by atoms with Crippen LogP contribution in [0.15, 0.2) is 49.1 Å². The molecule has 4 aromatic heterocycles. The lowest BCUT2D eigenvalue weighted by Crippen LogP contribution is -2.13. The van der Waals surface area contributed by atoms with Gasteiger partial charge in [0.05, 0.1) is 0 Å². The van der Waals surface area contributed by atoms with Gasteiger partial charge in [0, 0.05) is 0 Å². The molecule has 0 aliphatic rings. The van der Waals surface area contributed by atoms with Crippen LogP contribution in [0.3, 0.4) is 0 Å². The van der Waals surface area contributed by atoms with Gasteiger partial charge in [-0.15, -0.1) is 0 Å². The number of ketones is 1. The van der Waals surface area contributed by atoms with E-state index < -0.39 is 0 Å². The van der Waals surface area contributed by atoms with Gasteiger partial charge < -0.3 is 0 Å². The van der Waals surface area contributed by atoms with Gasteiger partial charge in [-0.1, -0.05) is 12.1 Å². The van der Waals surface area contributed by atoms with E-state index in [1.807, 2.05) is 0 Å². The van der Waals surface area contributed by atoms with Crippen molar-refractivity contribution in [3.63, 3.8) is 0 Å². The first kappa shape index (κ1) is 10.8. The molecule has 0 aliphatic carbocycles. The van der Waals surface area contributed by atoms with Crippen LogP contribution in [0.25, 0.3) is 11.3 Å². The number of hydrogen-bond donors (Lipinski definition) is 0. The predicted molar refractivity (Wildman–Crippen MR) is 69.4 cm³/mol. The lowest BCUT2D eigenvalue weighted by atomic mass is 10.2. The van der Waals surface area contributed by atoms with Gasteiger partial charge in [-0.3, -0.25) is 4.79 Å². The third-order valence-corrected chi connectivity index (χ3v) is 3.07. The zero-order chi connectivity index (χ0) is 13.5. The molecule has 0 saturated carbocycles. The van der Waals surface area contributed by atoms with Crippen LogP contribution >= 0.6 is 0 Å². The highest BCUT2D eigenvalue weighted by molar-refractivity contribution is 6.07. The number of hydrogen-bond acceptors (Lipinski definition) is 5. The van der Waals surface area contributed by atoms with Crippen molar-refractivity contribution in [1.82, 2.24) is 29.2 Å². The van der Waals surface area contributed by atoms with Crippen LogP contribution in [0.4, 0.5) is 0 Å². The molecule has 7 nitrogen and oxygen atoms in total. The Morgan fingerprint density at radius 2 is 1.30 bits per heavy atom. The Hall–Kier alpha value is -3.09. The minimum absolute atomic E-state index is 0.183. The van der Waals surface area contributed by atoms with Gasteiger partial charge in [0.2, 0.25) is 5.78 Å². The van der Waals surface area contributed by atoms with Crippen LogP contribution in [0, 0.1) is 0 Å². The summed E-state index contributed by atoms with van der Waals surface area (Å²) in [5.41, 5.74) is 2.12. The predicted octanol–water partition coefficient (Wildman–Crippen LogP) is 1.00. The first-order chi connectivity index (χ1) is 9.84. The van der Waals surface area contributed by atoms with E-state index in [0.29, 0.717) is 22.7 Å². The van der Waals surface area contributed by atoms with Gasteiger partial charge in [-0.05, 0) is 24.3 Å². The number of pyridine rings is 2. The summed E-state index contributed by atoms with van der Waals surface area (Å²) in [6, 6.07) is 10.6. The van der Waals surface area contributed by atoms with Gasteiger partial charge in [0.15, 0.2) is 11.3 Å². The Bertz CT molecular complexity index is 862. The standard InChI is InChI=1S/C13H8N6O/c20-13(9-3-1-5-11-14-7-16-18(9)11)10-4-2-6-12-15-8-17-19(10)12/h1-8H. The number of nitrogens with zero attached hydrogens (tertiary/aromatic N) is 6. The number of aromatic nitrogens is 6. The molecule has 0 unspecified atom stereocenters. The molecule has 4 rings (SSSR count). The molecule has 0 saturated heterocycles. The zero-order valence-corrected chi connectivity index (χ0v) is 10.2. The van der Waals surface area contributed by atoms with Crippen molar-refractivity contribution in [3.8, 4) is 0 Å². The summed E-state index contributed by atoms with van der Waals surface area (Å²) in [5.74, 6) is -0.183. The number of fused-ring (bicyclic) bond motifs is 2. The highest BCUT2D eigenvalue weighted by Gasteiger charge is 2.17. The van der Waals surface area contributed by atoms with Crippen molar-refractivity contribution in [2.24, 2.45) is 0 Å². The van der Waals surface area contributed by atoms with Crippen molar-refractivity contribution in [3.05, 3.63) is 60.4 Å². The van der Waals surface area contributed by atoms with E-state index in [9.17, 15) is 4.79 Å². The minimum atomic E-state index is -0.183. The molecule has 0 amide bonds. The number of carbonyl (C=O) groups excluding carboxylic acids is 1. The molecule has 7 heteroatoms. The van der Waals surface area contributed by atoms with Crippen LogP contribution < -0.4 is 0 Å². The third-order valence-electron chi connectivity index (χ3n) is 3.07. The van der Waals surface area contributed by atoms with Crippen LogP contribution in [0.1, 0.15) is 16.2 Å². The second kappa shape index (κ2) is 3.95. The summed E-state index contributed by atoms with van der Waals surface area (Å²) in [5, 5.41) is 8.14. The van der Waals surface area contributed by atoms with E-state index in [1.165, 1.54) is 21.7 Å². The van der Waals surface area contributed by atoms with Gasteiger partial charge in [-0.25, -0.2) is 19.0 Å². The van der Waals surface area contributed by atoms with Crippen molar-refractivity contribution in [2.45, 2.75) is 0 Å². The monoisotopic (exact) mass is 264 g/mol. The summed E-state index contributed by atoms with van der Waals surface area (Å²) in [4.78, 5) is 20.8. The molecule has 4 heterocycles. The smallest absolute Gasteiger partial charge is 0.229 e. The molecule has 0 bridgehead atoms. The molecule has 4 aromatic rings. The minimum Gasteiger partial charge on any atom is -0.285 e. The van der Waals surface area contributed by atoms with Crippen LogP contribution in [-0.4, -0.2) is 35.0 Å². The van der Waals surface area contributed by atoms with Crippen molar-refractivity contribution >= 4 is 17.1 Å². The summed E-state index contributed by atoms with van der Waals surface area (Å²) in [7, 11) is 0. The molecule has 0 aromatic carbocycles. The number of carbonyl (C=O) groups is 1. The van der Waals surface area contributed by atoms with E-state index >= 15 is 0 Å². The maximum absolute atomic E-state index is 12.7. The van der Waals surface area contributed by atoms with Crippen LogP contribution in [-0.2, 0) is 0 Å². The van der Waals surface area contributed by atoms with E-state index in [2.05, 4.69) is 20.2 Å². The molecular weight excluding hydrogens is 256 g/mol. The van der Waals surface area contributed by atoms with E-state index in [-0.39, 0.29) is 5.78 Å². The van der Waals surface area contributed by atoms with Crippen LogP contribution in [0.2, 0.25) is 0 Å². The molecule has 96 valence electrons. The first-order valence-corrected chi connectivity index (χ1v) is 5.97. The molecule has 0 atom stereocenters. The fourth-order valence-corrected chi connectivity index (χ4v) is 2.17. The van der Waals surface area contributed by atoms with Gasteiger partial charge in [0.1, 0.15) is 24.0 Å². The van der Waals surface area contributed by atoms with Crippen molar-refractivity contribution in [2.75, 3.05) is 0 Å². The average Bonchev–Trinajstić information content (AvgIpc) is 3.13. The maximum atomic E-state index is 12.7. The van der Waals surface area contributed by atoms with Gasteiger partial charge >= 0.3 is 0 Å². The quantitative estimate of drug-likeness (QED) is 0.505.